The van der Waals surface area contributed by atoms with E-state index in [0.29, 0.717) is 35.4 Å². The fourth-order valence-corrected chi connectivity index (χ4v) is 4.70. The first-order valence-corrected chi connectivity index (χ1v) is 11.9. The second-order valence-corrected chi connectivity index (χ2v) is 10.5. The van der Waals surface area contributed by atoms with Gasteiger partial charge in [-0.3, -0.25) is 18.5 Å². The molecule has 30 heavy (non-hydrogen) atoms. The number of benzene rings is 1. The van der Waals surface area contributed by atoms with Gasteiger partial charge >= 0.3 is 0 Å². The van der Waals surface area contributed by atoms with Gasteiger partial charge in [-0.15, -0.1) is 0 Å². The fraction of sp³-hybridized carbons (Fsp3) is 0.444. The van der Waals surface area contributed by atoms with Crippen LogP contribution in [0.2, 0.25) is 0 Å². The number of hydrogen-bond acceptors (Lipinski definition) is 7. The first-order chi connectivity index (χ1) is 13.9. The molecule has 0 amide bonds. The third-order valence-electron chi connectivity index (χ3n) is 5.05. The van der Waals surface area contributed by atoms with Crippen LogP contribution in [0.1, 0.15) is 25.8 Å². The Balaban J connectivity index is 0.000000393. The third kappa shape index (κ3) is 3.87. The fourth-order valence-electron chi connectivity index (χ4n) is 3.77. The molecule has 2 aliphatic rings. The molecule has 3 aromatic rings. The van der Waals surface area contributed by atoms with Crippen molar-refractivity contribution in [1.29, 1.82) is 0 Å². The van der Waals surface area contributed by atoms with Crippen LogP contribution in [0.25, 0.3) is 21.1 Å². The lowest BCUT2D eigenvalue weighted by Gasteiger charge is -2.47. The summed E-state index contributed by atoms with van der Waals surface area (Å²) >= 11 is 1.17. The molecule has 1 aliphatic heterocycles. The van der Waals surface area contributed by atoms with Crippen LogP contribution in [0.4, 0.5) is 10.1 Å². The van der Waals surface area contributed by atoms with Gasteiger partial charge in [-0.1, -0.05) is 0 Å². The number of aromatic amines is 1. The van der Waals surface area contributed by atoms with Crippen LogP contribution in [0, 0.1) is 5.82 Å². The predicted molar refractivity (Wildman–Crippen MR) is 115 cm³/mol. The van der Waals surface area contributed by atoms with Crippen molar-refractivity contribution in [2.24, 2.45) is 5.73 Å². The maximum atomic E-state index is 14.7. The number of nitrogens with two attached hydrogens (primary N) is 1. The summed E-state index contributed by atoms with van der Waals surface area (Å²) < 4.78 is 45.2. The minimum Gasteiger partial charge on any atom is -0.365 e. The topological polar surface area (TPSA) is 138 Å². The molecule has 5 rings (SSSR count). The molecule has 9 nitrogen and oxygen atoms in total. The molecule has 1 saturated carbocycles. The number of pyridine rings is 1. The Hall–Kier alpha value is -2.28. The highest BCUT2D eigenvalue weighted by molar-refractivity contribution is 7.85. The van der Waals surface area contributed by atoms with Gasteiger partial charge < -0.3 is 15.2 Å². The van der Waals surface area contributed by atoms with Gasteiger partial charge in [0.05, 0.1) is 17.5 Å². The second kappa shape index (κ2) is 6.87. The van der Waals surface area contributed by atoms with Gasteiger partial charge in [-0.25, -0.2) is 4.39 Å². The normalized spacial score (nSPS) is 18.2. The number of H-pyrrole nitrogens is 1. The Morgan fingerprint density at radius 3 is 2.43 bits per heavy atom. The van der Waals surface area contributed by atoms with Crippen molar-refractivity contribution in [1.82, 2.24) is 8.94 Å². The van der Waals surface area contributed by atoms with Crippen LogP contribution >= 0.6 is 11.5 Å². The molecule has 4 N–H and O–H groups in total. The second-order valence-electron chi connectivity index (χ2n) is 8.21. The van der Waals surface area contributed by atoms with Gasteiger partial charge in [0.25, 0.3) is 15.7 Å². The average molecular weight is 457 g/mol. The minimum absolute atomic E-state index is 0.134. The van der Waals surface area contributed by atoms with E-state index in [0.717, 1.165) is 12.8 Å². The quantitative estimate of drug-likeness (QED) is 0.496. The molecular formula is C18H21FN4O5S2. The predicted octanol–water partition coefficient (Wildman–Crippen LogP) is 1.42. The number of hydrogen-bond donors (Lipinski definition) is 3. The number of nitrogens with one attached hydrogen (secondary N) is 1. The Morgan fingerprint density at radius 1 is 1.30 bits per heavy atom. The zero-order valence-corrected chi connectivity index (χ0v) is 17.9. The van der Waals surface area contributed by atoms with E-state index in [4.69, 9.17) is 10.3 Å². The summed E-state index contributed by atoms with van der Waals surface area (Å²) in [7, 11) is -3.67. The van der Waals surface area contributed by atoms with Crippen molar-refractivity contribution in [3.05, 3.63) is 38.5 Å². The first-order valence-electron chi connectivity index (χ1n) is 9.21. The van der Waals surface area contributed by atoms with E-state index >= 15 is 0 Å². The van der Waals surface area contributed by atoms with Gasteiger partial charge in [-0.2, -0.15) is 8.42 Å². The van der Waals surface area contributed by atoms with E-state index in [1.54, 1.807) is 6.07 Å². The molecule has 0 radical (unpaired) electrons. The Morgan fingerprint density at radius 2 is 1.90 bits per heavy atom. The van der Waals surface area contributed by atoms with E-state index in [-0.39, 0.29) is 22.4 Å². The third-order valence-corrected chi connectivity index (χ3v) is 5.93. The Labute approximate surface area is 174 Å². The Bertz CT molecular complexity index is 1370. The van der Waals surface area contributed by atoms with E-state index in [1.165, 1.54) is 17.6 Å². The van der Waals surface area contributed by atoms with Gasteiger partial charge in [0, 0.05) is 30.1 Å². The molecule has 0 spiro atoms. The van der Waals surface area contributed by atoms with Crippen molar-refractivity contribution in [2.75, 3.05) is 24.2 Å². The lowest BCUT2D eigenvalue weighted by atomic mass is 9.93. The molecule has 1 aliphatic carbocycles. The highest BCUT2D eigenvalue weighted by atomic mass is 32.2. The number of nitrogens with zero attached hydrogens (tertiary/aromatic N) is 2. The molecule has 2 fully saturated rings. The standard InChI is InChI=1S/C17H17FN4O2S.CH4O3S/c1-17(19)6-21(7-17)12-5-11-9(4-10(12)18)14(23)13-15(24)20-25-16(13)22(11)8-2-3-8;1-5(2,3)4/h4-5,8H,2-3,6-7,19H2,1H3,(H,20,24);1H3,(H,2,3,4). The van der Waals surface area contributed by atoms with Crippen LogP contribution in [-0.2, 0) is 10.1 Å². The Kier molecular flexibility index (Phi) is 4.80. The highest BCUT2D eigenvalue weighted by Gasteiger charge is 2.37. The number of anilines is 1. The molecule has 0 unspecified atom stereocenters. The zero-order valence-electron chi connectivity index (χ0n) is 16.3. The molecule has 0 bridgehead atoms. The zero-order chi connectivity index (χ0) is 22.0. The largest absolute Gasteiger partial charge is 0.365 e. The van der Waals surface area contributed by atoms with Crippen LogP contribution in [0.5, 0.6) is 0 Å². The number of rotatable bonds is 2. The lowest BCUT2D eigenvalue weighted by Crippen LogP contribution is -2.65. The summed E-state index contributed by atoms with van der Waals surface area (Å²) in [5.74, 6) is -0.451. The molecule has 3 heterocycles. The van der Waals surface area contributed by atoms with Crippen LogP contribution < -0.4 is 21.6 Å². The van der Waals surface area contributed by atoms with Crippen molar-refractivity contribution in [2.45, 2.75) is 31.3 Å². The SMILES string of the molecule is CC1(N)CN(c2cc3c(cc2F)c(=O)c2c(=O)[nH]sc2n3C2CC2)C1.CS(=O)(=O)O. The summed E-state index contributed by atoms with van der Waals surface area (Å²) in [4.78, 5) is 27.3. The molecule has 162 valence electrons. The number of aromatic nitrogens is 2. The molecular weight excluding hydrogens is 435 g/mol. The van der Waals surface area contributed by atoms with Crippen LogP contribution in [0.15, 0.2) is 21.7 Å². The van der Waals surface area contributed by atoms with E-state index < -0.39 is 26.9 Å². The van der Waals surface area contributed by atoms with Crippen LogP contribution in [0.3, 0.4) is 0 Å². The summed E-state index contributed by atoms with van der Waals surface area (Å²) in [6, 6.07) is 3.27. The molecule has 0 atom stereocenters. The average Bonchev–Trinajstić information content (AvgIpc) is 3.34. The van der Waals surface area contributed by atoms with E-state index in [1.807, 2.05) is 16.4 Å². The molecule has 1 aromatic carbocycles. The van der Waals surface area contributed by atoms with Crippen molar-refractivity contribution < 1.29 is 17.4 Å². The molecule has 2 aromatic heterocycles. The van der Waals surface area contributed by atoms with Gasteiger partial charge in [0.15, 0.2) is 0 Å². The minimum atomic E-state index is -3.67. The molecule has 1 saturated heterocycles. The highest BCUT2D eigenvalue weighted by Crippen LogP contribution is 2.41. The summed E-state index contributed by atoms with van der Waals surface area (Å²) in [6.07, 6.45) is 2.71. The van der Waals surface area contributed by atoms with E-state index in [2.05, 4.69) is 4.37 Å². The first kappa shape index (κ1) is 21.0. The van der Waals surface area contributed by atoms with Crippen LogP contribution in [-0.4, -0.2) is 46.8 Å². The van der Waals surface area contributed by atoms with Gasteiger partial charge in [0.2, 0.25) is 5.43 Å². The maximum absolute atomic E-state index is 14.7. The smallest absolute Gasteiger partial charge is 0.271 e. The van der Waals surface area contributed by atoms with E-state index in [9.17, 15) is 22.4 Å². The van der Waals surface area contributed by atoms with Crippen molar-refractivity contribution in [3.8, 4) is 0 Å². The van der Waals surface area contributed by atoms with Gasteiger partial charge in [0.1, 0.15) is 16.0 Å². The maximum Gasteiger partial charge on any atom is 0.271 e. The number of fused-ring (bicyclic) bond motifs is 2. The lowest BCUT2D eigenvalue weighted by molar-refractivity contribution is 0.361. The van der Waals surface area contributed by atoms with Crippen molar-refractivity contribution >= 4 is 48.5 Å². The summed E-state index contributed by atoms with van der Waals surface area (Å²) in [5.41, 5.74) is 6.09. The number of halogens is 1. The van der Waals surface area contributed by atoms with Crippen molar-refractivity contribution in [3.63, 3.8) is 0 Å². The summed E-state index contributed by atoms with van der Waals surface area (Å²) in [6.45, 7) is 3.08. The van der Waals surface area contributed by atoms with Gasteiger partial charge in [-0.05, 0) is 43.4 Å². The summed E-state index contributed by atoms with van der Waals surface area (Å²) in [5, 5.41) is 0.399. The monoisotopic (exact) mass is 456 g/mol. The molecule has 12 heteroatoms.